The summed E-state index contributed by atoms with van der Waals surface area (Å²) in [5, 5.41) is 4.91. The first kappa shape index (κ1) is 27.2. The van der Waals surface area contributed by atoms with Crippen molar-refractivity contribution in [1.82, 2.24) is 34.3 Å². The van der Waals surface area contributed by atoms with Crippen molar-refractivity contribution < 1.29 is 22.7 Å². The zero-order valence-electron chi connectivity index (χ0n) is 22.5. The van der Waals surface area contributed by atoms with Crippen molar-refractivity contribution in [2.24, 2.45) is 0 Å². The fraction of sp³-hybridized carbons (Fsp3) is 0.407. The molecule has 2 aliphatic rings. The van der Waals surface area contributed by atoms with Crippen LogP contribution in [-0.4, -0.2) is 47.3 Å². The number of carbonyl (C=O) groups is 1. The number of methoxy groups -OCH3 is 1. The van der Waals surface area contributed by atoms with E-state index in [4.69, 9.17) is 26.4 Å². The SMILES string of the molecule is CCn1cc(C(F)(F)F)nc1-c1ccc([C@@H](C)N2C(=O)CCn3nc(-c4c(OC)ncnc4C4CC4)nc32)cc1Cl. The number of hydrogen-bond acceptors (Lipinski definition) is 7. The zero-order valence-corrected chi connectivity index (χ0v) is 23.2. The summed E-state index contributed by atoms with van der Waals surface area (Å²) >= 11 is 6.61. The Balaban J connectivity index is 1.36. The summed E-state index contributed by atoms with van der Waals surface area (Å²) in [6.45, 7) is 4.21. The van der Waals surface area contributed by atoms with Crippen molar-refractivity contribution in [1.29, 1.82) is 0 Å². The largest absolute Gasteiger partial charge is 0.480 e. The van der Waals surface area contributed by atoms with Crippen molar-refractivity contribution in [2.45, 2.75) is 64.3 Å². The molecule has 1 amide bonds. The number of aromatic nitrogens is 7. The van der Waals surface area contributed by atoms with Gasteiger partial charge in [0.05, 0.1) is 30.4 Å². The maximum absolute atomic E-state index is 13.3. The molecule has 3 aromatic heterocycles. The predicted molar refractivity (Wildman–Crippen MR) is 143 cm³/mol. The minimum Gasteiger partial charge on any atom is -0.480 e. The lowest BCUT2D eigenvalue weighted by molar-refractivity contribution is -0.140. The summed E-state index contributed by atoms with van der Waals surface area (Å²) in [4.78, 5) is 32.1. The van der Waals surface area contributed by atoms with Gasteiger partial charge in [0.25, 0.3) is 0 Å². The van der Waals surface area contributed by atoms with Crippen LogP contribution < -0.4 is 9.64 Å². The molecular weight excluding hydrogens is 561 g/mol. The van der Waals surface area contributed by atoms with Crippen LogP contribution in [0.25, 0.3) is 22.8 Å². The van der Waals surface area contributed by atoms with Crippen molar-refractivity contribution in [3.8, 4) is 28.7 Å². The van der Waals surface area contributed by atoms with Gasteiger partial charge in [-0.25, -0.2) is 19.6 Å². The molecule has 0 N–H and O–H groups in total. The second kappa shape index (κ2) is 10.1. The maximum atomic E-state index is 13.3. The average Bonchev–Trinajstić information content (AvgIpc) is 3.55. The van der Waals surface area contributed by atoms with Crippen molar-refractivity contribution in [2.75, 3.05) is 12.0 Å². The predicted octanol–water partition coefficient (Wildman–Crippen LogP) is 5.67. The van der Waals surface area contributed by atoms with Crippen molar-refractivity contribution in [3.63, 3.8) is 0 Å². The van der Waals surface area contributed by atoms with Crippen molar-refractivity contribution >= 4 is 23.5 Å². The highest BCUT2D eigenvalue weighted by molar-refractivity contribution is 6.33. The first-order valence-corrected chi connectivity index (χ1v) is 13.6. The van der Waals surface area contributed by atoms with E-state index >= 15 is 0 Å². The molecule has 0 saturated heterocycles. The van der Waals surface area contributed by atoms with Gasteiger partial charge < -0.3 is 9.30 Å². The molecule has 1 saturated carbocycles. The molecule has 4 aromatic rings. The molecule has 41 heavy (non-hydrogen) atoms. The summed E-state index contributed by atoms with van der Waals surface area (Å²) in [7, 11) is 1.53. The summed E-state index contributed by atoms with van der Waals surface area (Å²) in [5.74, 6) is 1.39. The molecule has 0 bridgehead atoms. The van der Waals surface area contributed by atoms with E-state index in [1.807, 2.05) is 6.92 Å². The molecule has 214 valence electrons. The highest BCUT2D eigenvalue weighted by Gasteiger charge is 2.37. The van der Waals surface area contributed by atoms with Crippen LogP contribution in [0.3, 0.4) is 0 Å². The summed E-state index contributed by atoms with van der Waals surface area (Å²) in [6.07, 6.45) is 0.103. The number of amides is 1. The number of hydrogen-bond donors (Lipinski definition) is 0. The van der Waals surface area contributed by atoms with Gasteiger partial charge in [-0.1, -0.05) is 17.7 Å². The Hall–Kier alpha value is -4.00. The van der Waals surface area contributed by atoms with E-state index in [9.17, 15) is 18.0 Å². The molecule has 1 fully saturated rings. The monoisotopic (exact) mass is 586 g/mol. The number of halogens is 4. The number of benzene rings is 1. The van der Waals surface area contributed by atoms with E-state index in [0.29, 0.717) is 40.9 Å². The molecule has 0 unspecified atom stereocenters. The van der Waals surface area contributed by atoms with Gasteiger partial charge in [0, 0.05) is 30.6 Å². The Kier molecular flexibility index (Phi) is 6.71. The van der Waals surface area contributed by atoms with Gasteiger partial charge in [0.15, 0.2) is 11.5 Å². The molecule has 10 nitrogen and oxygen atoms in total. The Bertz CT molecular complexity index is 1650. The van der Waals surface area contributed by atoms with E-state index in [-0.39, 0.29) is 35.6 Å². The first-order valence-electron chi connectivity index (χ1n) is 13.2. The first-order chi connectivity index (χ1) is 19.6. The lowest BCUT2D eigenvalue weighted by Crippen LogP contribution is -2.39. The second-order valence-electron chi connectivity index (χ2n) is 10.0. The number of aryl methyl sites for hydroxylation is 2. The molecule has 1 aromatic carbocycles. The fourth-order valence-corrected chi connectivity index (χ4v) is 5.41. The van der Waals surface area contributed by atoms with Crippen LogP contribution in [0.4, 0.5) is 19.1 Å². The van der Waals surface area contributed by atoms with Gasteiger partial charge >= 0.3 is 6.18 Å². The third-order valence-electron chi connectivity index (χ3n) is 7.41. The van der Waals surface area contributed by atoms with Gasteiger partial charge in [0.1, 0.15) is 17.7 Å². The van der Waals surface area contributed by atoms with Gasteiger partial charge in [0.2, 0.25) is 17.7 Å². The van der Waals surface area contributed by atoms with Crippen LogP contribution in [0.2, 0.25) is 5.02 Å². The van der Waals surface area contributed by atoms with E-state index in [2.05, 4.69) is 15.0 Å². The number of rotatable bonds is 7. The molecule has 4 heterocycles. The minimum absolute atomic E-state index is 0.118. The quantitative estimate of drug-likeness (QED) is 0.275. The molecule has 1 aliphatic carbocycles. The van der Waals surface area contributed by atoms with Crippen LogP contribution in [-0.2, 0) is 24.1 Å². The van der Waals surface area contributed by atoms with Crippen LogP contribution in [0.1, 0.15) is 62.0 Å². The van der Waals surface area contributed by atoms with E-state index < -0.39 is 17.9 Å². The van der Waals surface area contributed by atoms with Crippen LogP contribution in [0.15, 0.2) is 30.7 Å². The zero-order chi connectivity index (χ0) is 29.1. The second-order valence-corrected chi connectivity index (χ2v) is 10.4. The molecular formula is C27H26ClF3N8O2. The number of carbonyl (C=O) groups excluding carboxylic acids is 1. The number of anilines is 1. The van der Waals surface area contributed by atoms with Gasteiger partial charge in [-0.15, -0.1) is 5.10 Å². The van der Waals surface area contributed by atoms with Gasteiger partial charge in [-0.05, 0) is 44.4 Å². The van der Waals surface area contributed by atoms with E-state index in [1.54, 1.807) is 34.7 Å². The Labute approximate surface area is 238 Å². The third-order valence-corrected chi connectivity index (χ3v) is 7.72. The summed E-state index contributed by atoms with van der Waals surface area (Å²) in [5.41, 5.74) is 1.50. The number of imidazole rings is 1. The Morgan fingerprint density at radius 1 is 1.20 bits per heavy atom. The number of ether oxygens (including phenoxy) is 1. The smallest absolute Gasteiger partial charge is 0.434 e. The van der Waals surface area contributed by atoms with Crippen LogP contribution >= 0.6 is 11.6 Å². The van der Waals surface area contributed by atoms with Gasteiger partial charge in [-0.3, -0.25) is 9.69 Å². The molecule has 1 aliphatic heterocycles. The molecule has 6 rings (SSSR count). The van der Waals surface area contributed by atoms with E-state index in [1.165, 1.54) is 18.0 Å². The highest BCUT2D eigenvalue weighted by Crippen LogP contribution is 2.45. The Morgan fingerprint density at radius 2 is 1.98 bits per heavy atom. The third kappa shape index (κ3) is 4.81. The maximum Gasteiger partial charge on any atom is 0.434 e. The van der Waals surface area contributed by atoms with E-state index in [0.717, 1.165) is 24.7 Å². The van der Waals surface area contributed by atoms with Crippen LogP contribution in [0, 0.1) is 0 Å². The van der Waals surface area contributed by atoms with Gasteiger partial charge in [-0.2, -0.15) is 18.2 Å². The molecule has 14 heteroatoms. The van der Waals surface area contributed by atoms with Crippen molar-refractivity contribution in [3.05, 3.63) is 52.7 Å². The average molecular weight is 587 g/mol. The standard InChI is InChI=1S/C27H26ClF3N8O2/c1-4-37-12-19(27(29,30)31)34-24(37)17-8-7-16(11-18(17)28)14(2)39-20(40)9-10-38-26(39)35-23(36-38)21-22(15-5-6-15)32-13-33-25(21)41-3/h7-8,11-15H,4-6,9-10H2,1-3H3/t14-/m1/s1. The van der Waals surface area contributed by atoms with Crippen LogP contribution in [0.5, 0.6) is 5.88 Å². The summed E-state index contributed by atoms with van der Waals surface area (Å²) in [6, 6.07) is 4.50. The lowest BCUT2D eigenvalue weighted by atomic mass is 10.0. The fourth-order valence-electron chi connectivity index (χ4n) is 5.13. The molecule has 1 atom stereocenters. The lowest BCUT2D eigenvalue weighted by Gasteiger charge is -2.31. The summed E-state index contributed by atoms with van der Waals surface area (Å²) < 4.78 is 48.5. The number of nitrogens with zero attached hydrogens (tertiary/aromatic N) is 8. The number of alkyl halides is 3. The minimum atomic E-state index is -4.57. The highest BCUT2D eigenvalue weighted by atomic mass is 35.5. The number of fused-ring (bicyclic) bond motifs is 1. The Morgan fingerprint density at radius 3 is 2.63 bits per heavy atom. The normalized spacial score (nSPS) is 16.2. The topological polar surface area (TPSA) is 104 Å². The molecule has 0 spiro atoms. The molecule has 0 radical (unpaired) electrons.